The van der Waals surface area contributed by atoms with Crippen molar-refractivity contribution in [2.75, 3.05) is 7.11 Å². The van der Waals surface area contributed by atoms with Crippen molar-refractivity contribution < 1.29 is 17.9 Å². The Hall–Kier alpha value is -2.61. The number of hydrogen-bond donors (Lipinski definition) is 1. The summed E-state index contributed by atoms with van der Waals surface area (Å²) in [7, 11) is -2.70. The van der Waals surface area contributed by atoms with E-state index in [9.17, 15) is 13.2 Å². The first-order chi connectivity index (χ1) is 14.8. The summed E-state index contributed by atoms with van der Waals surface area (Å²) in [5.41, 5.74) is 3.47. The molecule has 1 N–H and O–H groups in total. The molecule has 1 aromatic heterocycles. The van der Waals surface area contributed by atoms with E-state index in [1.54, 1.807) is 30.3 Å². The normalized spacial score (nSPS) is 15.6. The molecule has 1 unspecified atom stereocenters. The largest absolute Gasteiger partial charge is 0.464 e. The standard InChI is InChI=1S/C23H23ClN2O4S/c1-15-3-9-18(10-4-15)31(28,29)26-21-12-11-20(19(21)13-22(26)23(27)30-2)25-14-16-5-7-17(24)8-6-16/h3-10,13,20,25H,11-12,14H2,1-2H3. The number of carbonyl (C=O) groups is 1. The Balaban J connectivity index is 1.70. The number of fused-ring (bicyclic) bond motifs is 1. The molecule has 1 aliphatic rings. The molecule has 6 nitrogen and oxygen atoms in total. The molecule has 0 fully saturated rings. The highest BCUT2D eigenvalue weighted by Crippen LogP contribution is 2.36. The molecular weight excluding hydrogens is 436 g/mol. The molecule has 8 heteroatoms. The summed E-state index contributed by atoms with van der Waals surface area (Å²) in [5, 5.41) is 4.14. The van der Waals surface area contributed by atoms with Crippen molar-refractivity contribution in [2.24, 2.45) is 0 Å². The maximum absolute atomic E-state index is 13.4. The first-order valence-corrected chi connectivity index (χ1v) is 11.8. The van der Waals surface area contributed by atoms with Gasteiger partial charge in [0.05, 0.1) is 12.0 Å². The molecule has 162 valence electrons. The van der Waals surface area contributed by atoms with Crippen molar-refractivity contribution in [1.29, 1.82) is 0 Å². The molecule has 0 bridgehead atoms. The van der Waals surface area contributed by atoms with Gasteiger partial charge in [0, 0.05) is 23.3 Å². The SMILES string of the molecule is COC(=O)c1cc2c(n1S(=O)(=O)c1ccc(C)cc1)CCC2NCc1ccc(Cl)cc1. The first kappa shape index (κ1) is 21.6. The van der Waals surface area contributed by atoms with E-state index in [-0.39, 0.29) is 16.6 Å². The van der Waals surface area contributed by atoms with Crippen LogP contribution in [-0.2, 0) is 27.7 Å². The smallest absolute Gasteiger partial charge is 0.355 e. The minimum absolute atomic E-state index is 0.0195. The zero-order chi connectivity index (χ0) is 22.2. The Bertz CT molecular complexity index is 1220. The van der Waals surface area contributed by atoms with Crippen LogP contribution in [0.2, 0.25) is 5.02 Å². The van der Waals surface area contributed by atoms with Gasteiger partial charge in [0.15, 0.2) is 0 Å². The van der Waals surface area contributed by atoms with Gasteiger partial charge in [-0.25, -0.2) is 17.2 Å². The maximum atomic E-state index is 13.4. The third kappa shape index (κ3) is 4.13. The quantitative estimate of drug-likeness (QED) is 0.559. The van der Waals surface area contributed by atoms with Gasteiger partial charge in [-0.3, -0.25) is 0 Å². The van der Waals surface area contributed by atoms with E-state index < -0.39 is 16.0 Å². The zero-order valence-electron chi connectivity index (χ0n) is 17.3. The van der Waals surface area contributed by atoms with E-state index in [1.807, 2.05) is 31.2 Å². The van der Waals surface area contributed by atoms with Gasteiger partial charge in [-0.05, 0) is 61.2 Å². The summed E-state index contributed by atoms with van der Waals surface area (Å²) >= 11 is 5.95. The monoisotopic (exact) mass is 458 g/mol. The summed E-state index contributed by atoms with van der Waals surface area (Å²) in [6.07, 6.45) is 1.28. The molecular formula is C23H23ClN2O4S. The van der Waals surface area contributed by atoms with Gasteiger partial charge < -0.3 is 10.1 Å². The Kier molecular flexibility index (Phi) is 5.92. The Morgan fingerprint density at radius 3 is 2.48 bits per heavy atom. The number of nitrogens with one attached hydrogen (secondary N) is 1. The molecule has 2 aromatic carbocycles. The lowest BCUT2D eigenvalue weighted by atomic mass is 10.1. The molecule has 0 aliphatic heterocycles. The molecule has 31 heavy (non-hydrogen) atoms. The van der Waals surface area contributed by atoms with Gasteiger partial charge in [-0.2, -0.15) is 0 Å². The van der Waals surface area contributed by atoms with E-state index in [2.05, 4.69) is 5.32 Å². The second-order valence-electron chi connectivity index (χ2n) is 7.60. The Morgan fingerprint density at radius 2 is 1.84 bits per heavy atom. The number of methoxy groups -OCH3 is 1. The van der Waals surface area contributed by atoms with E-state index in [0.29, 0.717) is 23.7 Å². The van der Waals surface area contributed by atoms with Crippen LogP contribution in [0.5, 0.6) is 0 Å². The van der Waals surface area contributed by atoms with Crippen molar-refractivity contribution in [3.63, 3.8) is 0 Å². The van der Waals surface area contributed by atoms with Crippen molar-refractivity contribution in [2.45, 2.75) is 37.2 Å². The fourth-order valence-corrected chi connectivity index (χ4v) is 5.62. The second-order valence-corrected chi connectivity index (χ2v) is 9.83. The van der Waals surface area contributed by atoms with E-state index in [4.69, 9.17) is 16.3 Å². The van der Waals surface area contributed by atoms with Gasteiger partial charge in [-0.1, -0.05) is 41.4 Å². The highest BCUT2D eigenvalue weighted by molar-refractivity contribution is 7.90. The summed E-state index contributed by atoms with van der Waals surface area (Å²) in [5.74, 6) is -0.679. The Labute approximate surface area is 186 Å². The minimum atomic E-state index is -3.95. The Morgan fingerprint density at radius 1 is 1.16 bits per heavy atom. The molecule has 0 spiro atoms. The summed E-state index contributed by atoms with van der Waals surface area (Å²) < 4.78 is 32.9. The van der Waals surface area contributed by atoms with E-state index in [1.165, 1.54) is 7.11 Å². The molecule has 1 aliphatic carbocycles. The molecule has 0 amide bonds. The van der Waals surface area contributed by atoms with Crippen LogP contribution in [0.25, 0.3) is 0 Å². The van der Waals surface area contributed by atoms with Crippen LogP contribution in [0, 0.1) is 6.92 Å². The van der Waals surface area contributed by atoms with Gasteiger partial charge in [0.2, 0.25) is 0 Å². The van der Waals surface area contributed by atoms with Crippen LogP contribution in [0.3, 0.4) is 0 Å². The number of rotatable bonds is 6. The lowest BCUT2D eigenvalue weighted by Crippen LogP contribution is -2.21. The first-order valence-electron chi connectivity index (χ1n) is 9.94. The number of aryl methyl sites for hydroxylation is 1. The van der Waals surface area contributed by atoms with Crippen LogP contribution in [0.4, 0.5) is 0 Å². The number of esters is 1. The van der Waals surface area contributed by atoms with Crippen LogP contribution in [0.1, 0.15) is 45.3 Å². The highest BCUT2D eigenvalue weighted by Gasteiger charge is 2.35. The topological polar surface area (TPSA) is 77.4 Å². The number of halogens is 1. The molecule has 1 atom stereocenters. The predicted octanol–water partition coefficient (Wildman–Crippen LogP) is 4.25. The summed E-state index contributed by atoms with van der Waals surface area (Å²) in [6, 6.07) is 15.7. The third-order valence-electron chi connectivity index (χ3n) is 5.55. The molecule has 0 saturated carbocycles. The van der Waals surface area contributed by atoms with Crippen molar-refractivity contribution in [3.05, 3.63) is 87.7 Å². The van der Waals surface area contributed by atoms with Crippen LogP contribution < -0.4 is 5.32 Å². The van der Waals surface area contributed by atoms with Crippen molar-refractivity contribution >= 4 is 27.6 Å². The summed E-state index contributed by atoms with van der Waals surface area (Å²) in [6.45, 7) is 2.49. The van der Waals surface area contributed by atoms with Crippen molar-refractivity contribution in [3.8, 4) is 0 Å². The van der Waals surface area contributed by atoms with Gasteiger partial charge in [-0.15, -0.1) is 0 Å². The number of carbonyl (C=O) groups excluding carboxylic acids is 1. The van der Waals surface area contributed by atoms with Gasteiger partial charge in [0.25, 0.3) is 10.0 Å². The van der Waals surface area contributed by atoms with Gasteiger partial charge >= 0.3 is 5.97 Å². The van der Waals surface area contributed by atoms with Crippen LogP contribution in [-0.4, -0.2) is 25.5 Å². The van der Waals surface area contributed by atoms with E-state index in [0.717, 1.165) is 27.1 Å². The molecule has 1 heterocycles. The van der Waals surface area contributed by atoms with Crippen LogP contribution in [0.15, 0.2) is 59.5 Å². The zero-order valence-corrected chi connectivity index (χ0v) is 18.8. The summed E-state index contributed by atoms with van der Waals surface area (Å²) in [4.78, 5) is 12.6. The number of nitrogens with zero attached hydrogens (tertiary/aromatic N) is 1. The third-order valence-corrected chi connectivity index (χ3v) is 7.57. The molecule has 0 radical (unpaired) electrons. The minimum Gasteiger partial charge on any atom is -0.464 e. The fraction of sp³-hybridized carbons (Fsp3) is 0.261. The maximum Gasteiger partial charge on any atom is 0.355 e. The number of hydrogen-bond acceptors (Lipinski definition) is 5. The van der Waals surface area contributed by atoms with E-state index >= 15 is 0 Å². The molecule has 4 rings (SSSR count). The number of ether oxygens (including phenoxy) is 1. The molecule has 0 saturated heterocycles. The lowest BCUT2D eigenvalue weighted by molar-refractivity contribution is 0.0592. The second kappa shape index (κ2) is 8.49. The highest BCUT2D eigenvalue weighted by atomic mass is 35.5. The van der Waals surface area contributed by atoms with Crippen LogP contribution >= 0.6 is 11.6 Å². The molecule has 3 aromatic rings. The fourth-order valence-electron chi connectivity index (χ4n) is 3.93. The lowest BCUT2D eigenvalue weighted by Gasteiger charge is -2.13. The van der Waals surface area contributed by atoms with Crippen molar-refractivity contribution in [1.82, 2.24) is 9.29 Å². The average molecular weight is 459 g/mol. The number of benzene rings is 2. The number of aromatic nitrogens is 1. The average Bonchev–Trinajstić information content (AvgIpc) is 3.32. The van der Waals surface area contributed by atoms with Gasteiger partial charge in [0.1, 0.15) is 5.69 Å². The predicted molar refractivity (Wildman–Crippen MR) is 119 cm³/mol.